The molecule has 0 saturated carbocycles. The topological polar surface area (TPSA) is 49.9 Å². The lowest BCUT2D eigenvalue weighted by Crippen LogP contribution is -2.20. The number of aromatic nitrogens is 2. The van der Waals surface area contributed by atoms with Crippen LogP contribution >= 0.6 is 0 Å². The van der Waals surface area contributed by atoms with E-state index in [4.69, 9.17) is 0 Å². The maximum Gasteiger partial charge on any atom is 0.387 e. The molecule has 0 radical (unpaired) electrons. The van der Waals surface area contributed by atoms with Gasteiger partial charge in [0.15, 0.2) is 0 Å². The SMILES string of the molecule is CC(NCc1ccccc1OC(F)F)c1ncc[nH]1. The zero-order chi connectivity index (χ0) is 13.7. The van der Waals surface area contributed by atoms with Gasteiger partial charge in [0.05, 0.1) is 6.04 Å². The molecule has 0 amide bonds. The number of hydrogen-bond acceptors (Lipinski definition) is 3. The van der Waals surface area contributed by atoms with Gasteiger partial charge in [0, 0.05) is 24.5 Å². The molecule has 1 atom stereocenters. The number of para-hydroxylation sites is 1. The Morgan fingerprint density at radius 2 is 2.16 bits per heavy atom. The lowest BCUT2D eigenvalue weighted by molar-refractivity contribution is -0.0505. The van der Waals surface area contributed by atoms with Gasteiger partial charge in [-0.1, -0.05) is 18.2 Å². The first-order valence-corrected chi connectivity index (χ1v) is 5.92. The number of alkyl halides is 2. The van der Waals surface area contributed by atoms with E-state index in [-0.39, 0.29) is 11.8 Å². The average Bonchev–Trinajstić information content (AvgIpc) is 2.90. The third-order valence-corrected chi connectivity index (χ3v) is 2.72. The summed E-state index contributed by atoms with van der Waals surface area (Å²) in [5, 5.41) is 3.20. The highest BCUT2D eigenvalue weighted by Gasteiger charge is 2.11. The quantitative estimate of drug-likeness (QED) is 0.846. The molecule has 1 aromatic carbocycles. The van der Waals surface area contributed by atoms with Gasteiger partial charge in [0.1, 0.15) is 11.6 Å². The first kappa shape index (κ1) is 13.5. The molecule has 19 heavy (non-hydrogen) atoms. The Labute approximate surface area is 109 Å². The number of imidazole rings is 1. The van der Waals surface area contributed by atoms with Crippen LogP contribution in [0.2, 0.25) is 0 Å². The molecule has 6 heteroatoms. The minimum Gasteiger partial charge on any atom is -0.434 e. The monoisotopic (exact) mass is 267 g/mol. The third kappa shape index (κ3) is 3.75. The molecule has 1 heterocycles. The number of nitrogens with zero attached hydrogens (tertiary/aromatic N) is 1. The Balaban J connectivity index is 1.99. The molecular weight excluding hydrogens is 252 g/mol. The highest BCUT2D eigenvalue weighted by atomic mass is 19.3. The highest BCUT2D eigenvalue weighted by Crippen LogP contribution is 2.20. The summed E-state index contributed by atoms with van der Waals surface area (Å²) in [5.41, 5.74) is 0.682. The molecule has 0 aliphatic rings. The Morgan fingerprint density at radius 1 is 1.37 bits per heavy atom. The maximum atomic E-state index is 12.3. The van der Waals surface area contributed by atoms with Gasteiger partial charge in [-0.15, -0.1) is 0 Å². The van der Waals surface area contributed by atoms with Crippen LogP contribution in [-0.4, -0.2) is 16.6 Å². The number of H-pyrrole nitrogens is 1. The fourth-order valence-electron chi connectivity index (χ4n) is 1.73. The smallest absolute Gasteiger partial charge is 0.387 e. The van der Waals surface area contributed by atoms with Crippen LogP contribution in [0.25, 0.3) is 0 Å². The number of ether oxygens (including phenoxy) is 1. The Kier molecular flexibility index (Phi) is 4.46. The molecular formula is C13H15F2N3O. The predicted octanol–water partition coefficient (Wildman–Crippen LogP) is 2.86. The summed E-state index contributed by atoms with van der Waals surface area (Å²) in [6, 6.07) is 6.72. The van der Waals surface area contributed by atoms with Gasteiger partial charge in [-0.2, -0.15) is 8.78 Å². The van der Waals surface area contributed by atoms with Crippen molar-refractivity contribution in [1.29, 1.82) is 0 Å². The second-order valence-corrected chi connectivity index (χ2v) is 4.06. The van der Waals surface area contributed by atoms with E-state index < -0.39 is 6.61 Å². The van der Waals surface area contributed by atoms with Crippen molar-refractivity contribution in [3.63, 3.8) is 0 Å². The molecule has 2 rings (SSSR count). The zero-order valence-electron chi connectivity index (χ0n) is 10.4. The van der Waals surface area contributed by atoms with Crippen LogP contribution in [0.5, 0.6) is 5.75 Å². The van der Waals surface area contributed by atoms with Gasteiger partial charge in [-0.25, -0.2) is 4.98 Å². The number of rotatable bonds is 6. The molecule has 102 valence electrons. The van der Waals surface area contributed by atoms with E-state index in [0.29, 0.717) is 12.1 Å². The summed E-state index contributed by atoms with van der Waals surface area (Å²) < 4.78 is 29.0. The van der Waals surface area contributed by atoms with Gasteiger partial charge >= 0.3 is 6.61 Å². The lowest BCUT2D eigenvalue weighted by atomic mass is 10.2. The van der Waals surface area contributed by atoms with Gasteiger partial charge in [-0.05, 0) is 13.0 Å². The molecule has 0 spiro atoms. The van der Waals surface area contributed by atoms with Gasteiger partial charge in [0.25, 0.3) is 0 Å². The Bertz CT molecular complexity index is 502. The summed E-state index contributed by atoms with van der Waals surface area (Å²) in [7, 11) is 0. The van der Waals surface area contributed by atoms with E-state index in [2.05, 4.69) is 20.0 Å². The van der Waals surface area contributed by atoms with Crippen molar-refractivity contribution in [3.05, 3.63) is 48.0 Å². The van der Waals surface area contributed by atoms with Gasteiger partial charge in [-0.3, -0.25) is 0 Å². The summed E-state index contributed by atoms with van der Waals surface area (Å²) in [5.74, 6) is 0.990. The minimum absolute atomic E-state index is 0.00499. The normalized spacial score (nSPS) is 12.6. The van der Waals surface area contributed by atoms with Crippen molar-refractivity contribution in [2.45, 2.75) is 26.1 Å². The number of halogens is 2. The van der Waals surface area contributed by atoms with E-state index in [0.717, 1.165) is 5.82 Å². The summed E-state index contributed by atoms with van der Waals surface area (Å²) in [6.07, 6.45) is 3.41. The molecule has 1 aromatic heterocycles. The van der Waals surface area contributed by atoms with Crippen molar-refractivity contribution in [3.8, 4) is 5.75 Å². The van der Waals surface area contributed by atoms with Gasteiger partial charge in [0.2, 0.25) is 0 Å². The van der Waals surface area contributed by atoms with Crippen molar-refractivity contribution in [2.24, 2.45) is 0 Å². The molecule has 1 unspecified atom stereocenters. The Hall–Kier alpha value is -1.95. The first-order valence-electron chi connectivity index (χ1n) is 5.92. The third-order valence-electron chi connectivity index (χ3n) is 2.72. The van der Waals surface area contributed by atoms with E-state index >= 15 is 0 Å². The second-order valence-electron chi connectivity index (χ2n) is 4.06. The van der Waals surface area contributed by atoms with Crippen LogP contribution < -0.4 is 10.1 Å². The fraction of sp³-hybridized carbons (Fsp3) is 0.308. The lowest BCUT2D eigenvalue weighted by Gasteiger charge is -2.14. The molecule has 0 aliphatic carbocycles. The van der Waals surface area contributed by atoms with Crippen LogP contribution in [0.15, 0.2) is 36.7 Å². The molecule has 4 nitrogen and oxygen atoms in total. The van der Waals surface area contributed by atoms with Crippen LogP contribution in [0, 0.1) is 0 Å². The van der Waals surface area contributed by atoms with Gasteiger partial charge < -0.3 is 15.0 Å². The molecule has 2 aromatic rings. The summed E-state index contributed by atoms with van der Waals surface area (Å²) in [4.78, 5) is 7.13. The van der Waals surface area contributed by atoms with E-state index in [1.54, 1.807) is 30.6 Å². The molecule has 0 bridgehead atoms. The van der Waals surface area contributed by atoms with Crippen LogP contribution in [0.4, 0.5) is 8.78 Å². The van der Waals surface area contributed by atoms with Crippen molar-refractivity contribution in [1.82, 2.24) is 15.3 Å². The highest BCUT2D eigenvalue weighted by molar-refractivity contribution is 5.33. The van der Waals surface area contributed by atoms with Crippen molar-refractivity contribution >= 4 is 0 Å². The second kappa shape index (κ2) is 6.29. The molecule has 0 saturated heterocycles. The number of aromatic amines is 1. The molecule has 0 fully saturated rings. The summed E-state index contributed by atoms with van der Waals surface area (Å²) in [6.45, 7) is -0.455. The maximum absolute atomic E-state index is 12.3. The van der Waals surface area contributed by atoms with E-state index in [1.807, 2.05) is 6.92 Å². The zero-order valence-corrected chi connectivity index (χ0v) is 10.4. The van der Waals surface area contributed by atoms with Crippen LogP contribution in [0.1, 0.15) is 24.4 Å². The standard InChI is InChI=1S/C13H15F2N3O/c1-9(12-16-6-7-17-12)18-8-10-4-2-3-5-11(10)19-13(14)15/h2-7,9,13,18H,8H2,1H3,(H,16,17). The van der Waals surface area contributed by atoms with Crippen molar-refractivity contribution < 1.29 is 13.5 Å². The minimum atomic E-state index is -2.82. The Morgan fingerprint density at radius 3 is 2.84 bits per heavy atom. The summed E-state index contributed by atoms with van der Waals surface area (Å²) >= 11 is 0. The number of nitrogens with one attached hydrogen (secondary N) is 2. The van der Waals surface area contributed by atoms with E-state index in [1.165, 1.54) is 6.07 Å². The van der Waals surface area contributed by atoms with Crippen LogP contribution in [0.3, 0.4) is 0 Å². The molecule has 2 N–H and O–H groups in total. The molecule has 0 aliphatic heterocycles. The van der Waals surface area contributed by atoms with Crippen molar-refractivity contribution in [2.75, 3.05) is 0 Å². The average molecular weight is 267 g/mol. The largest absolute Gasteiger partial charge is 0.434 e. The fourth-order valence-corrected chi connectivity index (χ4v) is 1.73. The predicted molar refractivity (Wildman–Crippen MR) is 66.9 cm³/mol. The van der Waals surface area contributed by atoms with Crippen LogP contribution in [-0.2, 0) is 6.54 Å². The number of hydrogen-bond donors (Lipinski definition) is 2. The van der Waals surface area contributed by atoms with E-state index in [9.17, 15) is 8.78 Å². The first-order chi connectivity index (χ1) is 9.16. The number of benzene rings is 1.